The second-order valence-electron chi connectivity index (χ2n) is 5.86. The molecule has 1 aromatic rings. The minimum Gasteiger partial charge on any atom is -0.483 e. The first-order valence-electron chi connectivity index (χ1n) is 6.86. The molecule has 0 amide bonds. The molecule has 3 atom stereocenters. The highest BCUT2D eigenvalue weighted by atomic mass is 79.9. The molecule has 0 N–H and O–H groups in total. The van der Waals surface area contributed by atoms with Gasteiger partial charge in [0.25, 0.3) is 0 Å². The van der Waals surface area contributed by atoms with E-state index in [0.29, 0.717) is 10.6 Å². The number of hydrogen-bond acceptors (Lipinski definition) is 3. The first-order valence-corrected chi connectivity index (χ1v) is 7.77. The topological polar surface area (TPSA) is 52.4 Å². The van der Waals surface area contributed by atoms with Crippen LogP contribution in [0.2, 0.25) is 0 Å². The van der Waals surface area contributed by atoms with Crippen LogP contribution in [-0.4, -0.2) is 15.9 Å². The highest BCUT2D eigenvalue weighted by Gasteiger charge is 2.51. The van der Waals surface area contributed by atoms with Gasteiger partial charge in [-0.2, -0.15) is 0 Å². The highest BCUT2D eigenvalue weighted by Crippen LogP contribution is 2.51. The third-order valence-electron chi connectivity index (χ3n) is 4.49. The van der Waals surface area contributed by atoms with Gasteiger partial charge in [-0.05, 0) is 37.8 Å². The van der Waals surface area contributed by atoms with Gasteiger partial charge in [0.1, 0.15) is 6.10 Å². The molecule has 1 fully saturated rings. The summed E-state index contributed by atoms with van der Waals surface area (Å²) in [7, 11) is 0. The van der Waals surface area contributed by atoms with Gasteiger partial charge in [-0.3, -0.25) is 10.1 Å². The Morgan fingerprint density at radius 3 is 2.65 bits per heavy atom. The van der Waals surface area contributed by atoms with Gasteiger partial charge >= 0.3 is 5.69 Å². The lowest BCUT2D eigenvalue weighted by Crippen LogP contribution is -2.54. The average molecular weight is 342 g/mol. The van der Waals surface area contributed by atoms with Crippen LogP contribution in [0.15, 0.2) is 12.1 Å². The zero-order valence-corrected chi connectivity index (χ0v) is 13.9. The van der Waals surface area contributed by atoms with Crippen molar-refractivity contribution in [3.8, 4) is 5.75 Å². The average Bonchev–Trinajstić information content (AvgIpc) is 2.38. The van der Waals surface area contributed by atoms with Crippen molar-refractivity contribution < 1.29 is 9.66 Å². The fourth-order valence-electron chi connectivity index (χ4n) is 2.76. The molecule has 0 aromatic heterocycles. The van der Waals surface area contributed by atoms with E-state index in [9.17, 15) is 10.1 Å². The van der Waals surface area contributed by atoms with E-state index in [4.69, 9.17) is 4.74 Å². The lowest BCUT2D eigenvalue weighted by Gasteiger charge is -2.50. The molecule has 0 heterocycles. The van der Waals surface area contributed by atoms with E-state index < -0.39 is 0 Å². The van der Waals surface area contributed by atoms with E-state index in [2.05, 4.69) is 29.8 Å². The summed E-state index contributed by atoms with van der Waals surface area (Å²) in [6, 6.07) is 3.51. The van der Waals surface area contributed by atoms with E-state index in [1.807, 2.05) is 19.9 Å². The van der Waals surface area contributed by atoms with Gasteiger partial charge in [0.05, 0.1) is 4.92 Å². The monoisotopic (exact) mass is 341 g/mol. The van der Waals surface area contributed by atoms with Crippen LogP contribution in [0.4, 0.5) is 5.69 Å². The second kappa shape index (κ2) is 5.35. The number of alkyl halides is 1. The van der Waals surface area contributed by atoms with Crippen molar-refractivity contribution in [3.63, 3.8) is 0 Å². The predicted molar refractivity (Wildman–Crippen MR) is 82.7 cm³/mol. The molecule has 5 heteroatoms. The van der Waals surface area contributed by atoms with Crippen LogP contribution in [0.5, 0.6) is 5.75 Å². The van der Waals surface area contributed by atoms with Crippen molar-refractivity contribution >= 4 is 21.6 Å². The van der Waals surface area contributed by atoms with Crippen LogP contribution in [0.25, 0.3) is 0 Å². The van der Waals surface area contributed by atoms with Crippen molar-refractivity contribution in [1.82, 2.24) is 0 Å². The van der Waals surface area contributed by atoms with Gasteiger partial charge in [-0.1, -0.05) is 35.8 Å². The second-order valence-corrected chi connectivity index (χ2v) is 6.96. The molecule has 0 bridgehead atoms. The molecule has 1 aliphatic carbocycles. The Labute approximate surface area is 127 Å². The van der Waals surface area contributed by atoms with Crippen molar-refractivity contribution in [2.24, 2.45) is 5.41 Å². The molecule has 0 radical (unpaired) electrons. The molecule has 1 saturated carbocycles. The summed E-state index contributed by atoms with van der Waals surface area (Å²) < 4.78 is 6.03. The smallest absolute Gasteiger partial charge is 0.311 e. The normalized spacial score (nSPS) is 28.9. The van der Waals surface area contributed by atoms with E-state index in [1.54, 1.807) is 6.07 Å². The summed E-state index contributed by atoms with van der Waals surface area (Å²) in [6.07, 6.45) is 1.89. The standard InChI is InChI=1S/C15H20BrNO3/c1-5-15(4)12(16)8-13(15)20-14-10(3)6-9(2)7-11(14)17(18)19/h6-7,12-13H,5,8H2,1-4H3. The molecule has 2 rings (SSSR count). The van der Waals surface area contributed by atoms with Crippen LogP contribution in [0, 0.1) is 29.4 Å². The molecule has 4 nitrogen and oxygen atoms in total. The van der Waals surface area contributed by atoms with Gasteiger partial charge in [-0.15, -0.1) is 0 Å². The number of aryl methyl sites for hydroxylation is 2. The Hall–Kier alpha value is -1.10. The van der Waals surface area contributed by atoms with Gasteiger partial charge in [0.2, 0.25) is 0 Å². The lowest BCUT2D eigenvalue weighted by atomic mass is 9.65. The SMILES string of the molecule is CCC1(C)C(Br)CC1Oc1c(C)cc(C)cc1[N+](=O)[O-]. The van der Waals surface area contributed by atoms with E-state index in [1.165, 1.54) is 0 Å². The Kier molecular flexibility index (Phi) is 4.09. The molecular weight excluding hydrogens is 322 g/mol. The maximum atomic E-state index is 11.2. The van der Waals surface area contributed by atoms with Crippen LogP contribution in [0.1, 0.15) is 37.8 Å². The number of halogens is 1. The fraction of sp³-hybridized carbons (Fsp3) is 0.600. The van der Waals surface area contributed by atoms with Crippen LogP contribution >= 0.6 is 15.9 Å². The van der Waals surface area contributed by atoms with E-state index in [-0.39, 0.29) is 22.1 Å². The van der Waals surface area contributed by atoms with Gasteiger partial charge in [0.15, 0.2) is 5.75 Å². The van der Waals surface area contributed by atoms with Crippen LogP contribution < -0.4 is 4.74 Å². The number of hydrogen-bond donors (Lipinski definition) is 0. The number of benzene rings is 1. The Morgan fingerprint density at radius 1 is 1.50 bits per heavy atom. The minimum atomic E-state index is -0.358. The summed E-state index contributed by atoms with van der Waals surface area (Å²) in [4.78, 5) is 11.3. The molecule has 0 spiro atoms. The zero-order valence-electron chi connectivity index (χ0n) is 12.3. The Balaban J connectivity index is 2.33. The third-order valence-corrected chi connectivity index (χ3v) is 5.91. The molecule has 110 valence electrons. The summed E-state index contributed by atoms with van der Waals surface area (Å²) in [5, 5.41) is 11.2. The number of nitrogens with zero attached hydrogens (tertiary/aromatic N) is 1. The molecule has 0 saturated heterocycles. The Morgan fingerprint density at radius 2 is 2.15 bits per heavy atom. The molecule has 0 aliphatic heterocycles. The largest absolute Gasteiger partial charge is 0.483 e. The predicted octanol–water partition coefficient (Wildman–Crippen LogP) is 4.54. The number of nitro groups is 1. The highest BCUT2D eigenvalue weighted by molar-refractivity contribution is 9.09. The maximum absolute atomic E-state index is 11.2. The molecule has 1 aliphatic rings. The number of ether oxygens (including phenoxy) is 1. The first kappa shape index (κ1) is 15.3. The van der Waals surface area contributed by atoms with Crippen molar-refractivity contribution in [2.75, 3.05) is 0 Å². The molecular formula is C15H20BrNO3. The van der Waals surface area contributed by atoms with Crippen molar-refractivity contribution in [2.45, 2.75) is 51.5 Å². The zero-order chi connectivity index (χ0) is 15.1. The van der Waals surface area contributed by atoms with Crippen LogP contribution in [0.3, 0.4) is 0 Å². The quantitative estimate of drug-likeness (QED) is 0.458. The molecule has 3 unspecified atom stereocenters. The van der Waals surface area contributed by atoms with E-state index in [0.717, 1.165) is 24.0 Å². The summed E-state index contributed by atoms with van der Waals surface area (Å²) >= 11 is 3.66. The Bertz CT molecular complexity index is 546. The van der Waals surface area contributed by atoms with Crippen molar-refractivity contribution in [3.05, 3.63) is 33.4 Å². The van der Waals surface area contributed by atoms with Gasteiger partial charge in [0, 0.05) is 16.3 Å². The summed E-state index contributed by atoms with van der Waals surface area (Å²) in [6.45, 7) is 8.01. The van der Waals surface area contributed by atoms with Gasteiger partial charge < -0.3 is 4.74 Å². The summed E-state index contributed by atoms with van der Waals surface area (Å²) in [5.74, 6) is 0.421. The van der Waals surface area contributed by atoms with E-state index >= 15 is 0 Å². The fourth-order valence-corrected chi connectivity index (χ4v) is 3.72. The summed E-state index contributed by atoms with van der Waals surface area (Å²) in [5.41, 5.74) is 1.81. The molecule has 20 heavy (non-hydrogen) atoms. The van der Waals surface area contributed by atoms with Gasteiger partial charge in [-0.25, -0.2) is 0 Å². The minimum absolute atomic E-state index is 0.0250. The first-order chi connectivity index (χ1) is 9.29. The molecule has 1 aromatic carbocycles. The third kappa shape index (κ3) is 2.43. The number of rotatable bonds is 4. The van der Waals surface area contributed by atoms with Crippen molar-refractivity contribution in [1.29, 1.82) is 0 Å². The van der Waals surface area contributed by atoms with Crippen LogP contribution in [-0.2, 0) is 0 Å². The maximum Gasteiger partial charge on any atom is 0.311 e. The number of nitro benzene ring substituents is 1. The lowest BCUT2D eigenvalue weighted by molar-refractivity contribution is -0.386.